The number of halogens is 1. The summed E-state index contributed by atoms with van der Waals surface area (Å²) in [7, 11) is 0. The molecule has 2 aliphatic carbocycles. The average molecular weight is 424 g/mol. The molecule has 1 heterocycles. The molecule has 4 rings (SSSR count). The number of hydrogen-bond acceptors (Lipinski definition) is 3. The van der Waals surface area contributed by atoms with Gasteiger partial charge in [-0.3, -0.25) is 9.80 Å². The van der Waals surface area contributed by atoms with E-state index in [0.29, 0.717) is 11.8 Å². The molecule has 0 saturated carbocycles. The van der Waals surface area contributed by atoms with Gasteiger partial charge >= 0.3 is 0 Å². The van der Waals surface area contributed by atoms with Crippen molar-refractivity contribution in [3.8, 4) is 0 Å². The van der Waals surface area contributed by atoms with Crippen molar-refractivity contribution in [2.45, 2.75) is 47.5 Å². The van der Waals surface area contributed by atoms with Crippen LogP contribution in [0.25, 0.3) is 0 Å². The number of anilines is 1. The summed E-state index contributed by atoms with van der Waals surface area (Å²) in [5.74, 6) is 1.12. The number of carbonyl (C=O) groups is 1. The molecule has 0 fully saturated rings. The van der Waals surface area contributed by atoms with Crippen molar-refractivity contribution < 1.29 is 9.18 Å². The Morgan fingerprint density at radius 3 is 2.42 bits per heavy atom. The second-order valence-electron chi connectivity index (χ2n) is 9.89. The monoisotopic (exact) mass is 423 g/mol. The first kappa shape index (κ1) is 21.7. The van der Waals surface area contributed by atoms with Gasteiger partial charge in [0.2, 0.25) is 5.91 Å². The molecule has 2 atom stereocenters. The zero-order chi connectivity index (χ0) is 22.3. The van der Waals surface area contributed by atoms with Crippen molar-refractivity contribution in [1.29, 1.82) is 0 Å². The van der Waals surface area contributed by atoms with Crippen LogP contribution in [0.4, 0.5) is 10.1 Å². The number of carbonyl (C=O) groups excluding carboxylic acids is 1. The molecule has 1 aromatic carbocycles. The fourth-order valence-electron chi connectivity index (χ4n) is 5.21. The van der Waals surface area contributed by atoms with Crippen LogP contribution >= 0.6 is 0 Å². The molecule has 31 heavy (non-hydrogen) atoms. The number of fused-ring (bicyclic) bond motifs is 1. The molecule has 166 valence electrons. The lowest BCUT2D eigenvalue weighted by atomic mass is 9.80. The van der Waals surface area contributed by atoms with E-state index in [1.54, 1.807) is 12.1 Å². The minimum Gasteiger partial charge on any atom is -0.342 e. The Morgan fingerprint density at radius 1 is 1.16 bits per heavy atom. The molecule has 0 spiro atoms. The summed E-state index contributed by atoms with van der Waals surface area (Å²) >= 11 is 0. The van der Waals surface area contributed by atoms with Crippen LogP contribution < -0.4 is 10.4 Å². The van der Waals surface area contributed by atoms with Gasteiger partial charge in [-0.25, -0.2) is 4.39 Å². The molecule has 1 N–H and O–H groups in total. The predicted octanol–water partition coefficient (Wildman–Crippen LogP) is 5.42. The van der Waals surface area contributed by atoms with Gasteiger partial charge in [-0.05, 0) is 66.2 Å². The van der Waals surface area contributed by atoms with E-state index in [4.69, 9.17) is 0 Å². The third-order valence-corrected chi connectivity index (χ3v) is 6.44. The van der Waals surface area contributed by atoms with E-state index < -0.39 is 0 Å². The average Bonchev–Trinajstić information content (AvgIpc) is 3.32. The number of hydrazine groups is 1. The van der Waals surface area contributed by atoms with Crippen LogP contribution in [0.1, 0.15) is 47.5 Å². The van der Waals surface area contributed by atoms with Gasteiger partial charge in [0.25, 0.3) is 0 Å². The molecule has 0 aromatic heterocycles. The number of nitrogens with one attached hydrogen (secondary N) is 1. The fourth-order valence-corrected chi connectivity index (χ4v) is 5.21. The Hall–Kier alpha value is -2.56. The predicted molar refractivity (Wildman–Crippen MR) is 123 cm³/mol. The van der Waals surface area contributed by atoms with Crippen molar-refractivity contribution in [3.05, 3.63) is 64.8 Å². The summed E-state index contributed by atoms with van der Waals surface area (Å²) in [5, 5.41) is 2.01. The molecule has 0 unspecified atom stereocenters. The Kier molecular flexibility index (Phi) is 5.96. The number of nitrogens with zero attached hydrogens (tertiary/aromatic N) is 2. The van der Waals surface area contributed by atoms with E-state index in [9.17, 15) is 9.18 Å². The lowest BCUT2D eigenvalue weighted by molar-refractivity contribution is -0.135. The van der Waals surface area contributed by atoms with Crippen molar-refractivity contribution >= 4 is 11.6 Å². The van der Waals surface area contributed by atoms with Crippen LogP contribution in [0.3, 0.4) is 0 Å². The highest BCUT2D eigenvalue weighted by atomic mass is 19.1. The zero-order valence-corrected chi connectivity index (χ0v) is 19.3. The summed E-state index contributed by atoms with van der Waals surface area (Å²) < 4.78 is 13.4. The summed E-state index contributed by atoms with van der Waals surface area (Å²) in [6.07, 6.45) is 6.08. The van der Waals surface area contributed by atoms with Crippen LogP contribution in [0.15, 0.2) is 59.0 Å². The molecule has 0 saturated heterocycles. The standard InChI is InChI=1S/C26H34FN3O/c1-16(2)14-29(15-17(3)4)26(31)22-11-6-19-12-24-23(18(5)25(19)22)13-28-30(24)21-9-7-20(27)8-10-21/h7-10,12-13,16-18,22,28H,6,11,14-15H2,1-5H3/t18-,22-/m0/s1. The van der Waals surface area contributed by atoms with Gasteiger partial charge in [-0.2, -0.15) is 0 Å². The summed E-state index contributed by atoms with van der Waals surface area (Å²) in [4.78, 5) is 15.7. The maximum atomic E-state index is 13.6. The van der Waals surface area contributed by atoms with Crippen molar-refractivity contribution in [2.75, 3.05) is 18.1 Å². The maximum Gasteiger partial charge on any atom is 0.229 e. The highest BCUT2D eigenvalue weighted by Crippen LogP contribution is 2.48. The van der Waals surface area contributed by atoms with E-state index in [1.165, 1.54) is 28.9 Å². The van der Waals surface area contributed by atoms with Gasteiger partial charge in [-0.15, -0.1) is 0 Å². The van der Waals surface area contributed by atoms with Crippen LogP contribution in [-0.2, 0) is 4.79 Å². The zero-order valence-electron chi connectivity index (χ0n) is 19.3. The lowest BCUT2D eigenvalue weighted by Crippen LogP contribution is -2.41. The Morgan fingerprint density at radius 2 is 1.81 bits per heavy atom. The van der Waals surface area contributed by atoms with Crippen molar-refractivity contribution in [1.82, 2.24) is 10.3 Å². The fraction of sp³-hybridized carbons (Fsp3) is 0.500. The number of benzene rings is 1. The van der Waals surface area contributed by atoms with E-state index >= 15 is 0 Å². The topological polar surface area (TPSA) is 35.6 Å². The van der Waals surface area contributed by atoms with E-state index in [2.05, 4.69) is 51.0 Å². The molecule has 4 nitrogen and oxygen atoms in total. The second kappa shape index (κ2) is 8.52. The molecule has 3 aliphatic rings. The van der Waals surface area contributed by atoms with Gasteiger partial charge in [-0.1, -0.05) is 34.6 Å². The molecule has 1 amide bonds. The van der Waals surface area contributed by atoms with Crippen LogP contribution in [0.5, 0.6) is 0 Å². The van der Waals surface area contributed by atoms with E-state index in [-0.39, 0.29) is 23.6 Å². The third-order valence-electron chi connectivity index (χ3n) is 6.44. The van der Waals surface area contributed by atoms with Crippen LogP contribution in [0, 0.1) is 29.5 Å². The highest BCUT2D eigenvalue weighted by Gasteiger charge is 2.41. The van der Waals surface area contributed by atoms with Gasteiger partial charge < -0.3 is 10.3 Å². The normalized spacial score (nSPS) is 22.4. The summed E-state index contributed by atoms with van der Waals surface area (Å²) in [6, 6.07) is 6.53. The first-order valence-corrected chi connectivity index (χ1v) is 11.5. The smallest absolute Gasteiger partial charge is 0.229 e. The SMILES string of the molecule is CC(C)CN(CC(C)C)C(=O)[C@H]1CCC2=C1[C@@H](C)C1=CNN(c3ccc(F)cc3)C1=C2. The van der Waals surface area contributed by atoms with Crippen molar-refractivity contribution in [2.24, 2.45) is 23.7 Å². The number of amides is 1. The van der Waals surface area contributed by atoms with Gasteiger partial charge in [0.1, 0.15) is 5.82 Å². The molecule has 0 radical (unpaired) electrons. The largest absolute Gasteiger partial charge is 0.342 e. The molecular weight excluding hydrogens is 389 g/mol. The molecule has 1 aromatic rings. The minimum absolute atomic E-state index is 0.0268. The summed E-state index contributed by atoms with van der Waals surface area (Å²) in [5.41, 5.74) is 9.12. The van der Waals surface area contributed by atoms with Gasteiger partial charge in [0, 0.05) is 30.8 Å². The Bertz CT molecular complexity index is 932. The van der Waals surface area contributed by atoms with Crippen molar-refractivity contribution in [3.63, 3.8) is 0 Å². The van der Waals surface area contributed by atoms with Crippen LogP contribution in [0.2, 0.25) is 0 Å². The third kappa shape index (κ3) is 4.15. The Balaban J connectivity index is 1.62. The van der Waals surface area contributed by atoms with E-state index in [1.807, 2.05) is 11.2 Å². The lowest BCUT2D eigenvalue weighted by Gasteiger charge is -2.33. The highest BCUT2D eigenvalue weighted by molar-refractivity contribution is 5.84. The molecule has 0 bridgehead atoms. The minimum atomic E-state index is -0.239. The Labute approximate surface area is 185 Å². The number of allylic oxidation sites excluding steroid dienone is 3. The molecule has 1 aliphatic heterocycles. The molecule has 5 heteroatoms. The van der Waals surface area contributed by atoms with Gasteiger partial charge in [0.05, 0.1) is 17.3 Å². The molecular formula is C26H34FN3O. The van der Waals surface area contributed by atoms with Gasteiger partial charge in [0.15, 0.2) is 0 Å². The first-order valence-electron chi connectivity index (χ1n) is 11.5. The quantitative estimate of drug-likeness (QED) is 0.664. The van der Waals surface area contributed by atoms with Crippen LogP contribution in [-0.4, -0.2) is 23.9 Å². The second-order valence-corrected chi connectivity index (χ2v) is 9.89. The summed E-state index contributed by atoms with van der Waals surface area (Å²) in [6.45, 7) is 12.6. The maximum absolute atomic E-state index is 13.6. The number of rotatable bonds is 6. The first-order chi connectivity index (χ1) is 14.8. The van der Waals surface area contributed by atoms with E-state index in [0.717, 1.165) is 37.3 Å². The number of hydrogen-bond donors (Lipinski definition) is 1.